The first-order valence-electron chi connectivity index (χ1n) is 3.92. The van der Waals surface area contributed by atoms with Gasteiger partial charge in [-0.15, -0.1) is 12.6 Å². The lowest BCUT2D eigenvalue weighted by molar-refractivity contribution is 0.913. The van der Waals surface area contributed by atoms with Gasteiger partial charge in [0.1, 0.15) is 5.50 Å². The second-order valence-electron chi connectivity index (χ2n) is 2.73. The smallest absolute Gasteiger partial charge is 0.145 e. The van der Waals surface area contributed by atoms with Gasteiger partial charge in [-0.05, 0) is 19.1 Å². The second-order valence-corrected chi connectivity index (χ2v) is 3.22. The van der Waals surface area contributed by atoms with E-state index in [9.17, 15) is 0 Å². The van der Waals surface area contributed by atoms with Gasteiger partial charge in [0, 0.05) is 6.54 Å². The van der Waals surface area contributed by atoms with Gasteiger partial charge < -0.3 is 10.2 Å². The minimum atomic E-state index is 0.0694. The first kappa shape index (κ1) is 7.80. The number of nitrogens with zero attached hydrogens (tertiary/aromatic N) is 1. The molecule has 3 heteroatoms. The van der Waals surface area contributed by atoms with E-state index in [1.54, 1.807) is 0 Å². The Balaban J connectivity index is 2.40. The van der Waals surface area contributed by atoms with Crippen molar-refractivity contribution in [2.45, 2.75) is 5.50 Å². The molecular weight excluding hydrogens is 168 g/mol. The van der Waals surface area contributed by atoms with Gasteiger partial charge in [0.25, 0.3) is 0 Å². The summed E-state index contributed by atoms with van der Waals surface area (Å²) in [7, 11) is 0. The molecule has 0 aliphatic carbocycles. The average molecular weight is 179 g/mol. The van der Waals surface area contributed by atoms with E-state index < -0.39 is 0 Å². The number of para-hydroxylation sites is 2. The summed E-state index contributed by atoms with van der Waals surface area (Å²) in [6, 6.07) is 8.16. The van der Waals surface area contributed by atoms with Crippen molar-refractivity contribution in [2.24, 2.45) is 0 Å². The van der Waals surface area contributed by atoms with E-state index in [4.69, 9.17) is 0 Å². The van der Waals surface area contributed by atoms with E-state index in [0.717, 1.165) is 12.2 Å². The Labute approximate surface area is 78.0 Å². The highest BCUT2D eigenvalue weighted by Crippen LogP contribution is 2.34. The summed E-state index contributed by atoms with van der Waals surface area (Å²) in [5.41, 5.74) is 2.40. The number of hydrogen-bond acceptors (Lipinski definition) is 3. The van der Waals surface area contributed by atoms with E-state index in [1.165, 1.54) is 5.69 Å². The summed E-state index contributed by atoms with van der Waals surface area (Å²) in [6.07, 6.45) is 0. The highest BCUT2D eigenvalue weighted by Gasteiger charge is 2.23. The van der Waals surface area contributed by atoms with Crippen LogP contribution in [-0.4, -0.2) is 12.0 Å². The molecule has 1 atom stereocenters. The van der Waals surface area contributed by atoms with Crippen LogP contribution in [0.15, 0.2) is 24.3 Å². The first-order chi connectivity index (χ1) is 5.83. The summed E-state index contributed by atoms with van der Waals surface area (Å²) >= 11 is 4.39. The Hall–Kier alpha value is -0.830. The summed E-state index contributed by atoms with van der Waals surface area (Å²) < 4.78 is 0. The molecule has 1 unspecified atom stereocenters. The van der Waals surface area contributed by atoms with Crippen LogP contribution in [0.25, 0.3) is 0 Å². The van der Waals surface area contributed by atoms with Gasteiger partial charge in [0.2, 0.25) is 0 Å². The summed E-state index contributed by atoms with van der Waals surface area (Å²) in [4.78, 5) is 2.11. The highest BCUT2D eigenvalue weighted by atomic mass is 32.1. The molecule has 0 bridgehead atoms. The maximum atomic E-state index is 4.39. The molecule has 63 valence electrons. The zero-order valence-electron chi connectivity index (χ0n) is 6.70. The molecule has 2 rings (SSSR count). The predicted octanol–water partition coefficient (Wildman–Crippen LogP) is 1.97. The van der Waals surface area contributed by atoms with Crippen molar-refractivity contribution in [3.63, 3.8) is 0 Å². The van der Waals surface area contributed by atoms with Crippen molar-refractivity contribution in [1.29, 1.82) is 0 Å². The lowest BCUT2D eigenvalue weighted by Crippen LogP contribution is -2.30. The third-order valence-electron chi connectivity index (χ3n) is 2.03. The van der Waals surface area contributed by atoms with E-state index in [1.807, 2.05) is 18.2 Å². The van der Waals surface area contributed by atoms with Crippen molar-refractivity contribution in [3.05, 3.63) is 31.2 Å². The van der Waals surface area contributed by atoms with Crippen LogP contribution in [0.2, 0.25) is 0 Å². The normalized spacial score (nSPS) is 20.5. The summed E-state index contributed by atoms with van der Waals surface area (Å²) in [6.45, 7) is 4.59. The zero-order valence-corrected chi connectivity index (χ0v) is 7.59. The molecule has 0 spiro atoms. The number of thiol groups is 1. The first-order valence-corrected chi connectivity index (χ1v) is 4.44. The molecule has 0 saturated heterocycles. The van der Waals surface area contributed by atoms with Crippen LogP contribution in [0.4, 0.5) is 11.4 Å². The molecule has 1 aromatic rings. The lowest BCUT2D eigenvalue weighted by Gasteiger charge is -2.20. The standard InChI is InChI=1S/C9H11N2S/c1-2-11-8-6-4-3-5-7(8)10-9(11)12/h3-6,9-10,12H,1-2H2. The number of benzene rings is 1. The van der Waals surface area contributed by atoms with Gasteiger partial charge in [-0.1, -0.05) is 12.1 Å². The van der Waals surface area contributed by atoms with Crippen molar-refractivity contribution in [1.82, 2.24) is 0 Å². The SMILES string of the molecule is [CH2]CN1c2ccccc2NC1S. The third-order valence-corrected chi connectivity index (χ3v) is 2.44. The van der Waals surface area contributed by atoms with Crippen molar-refractivity contribution >= 4 is 24.0 Å². The Bertz CT molecular complexity index is 288. The molecule has 1 aliphatic heterocycles. The molecule has 0 saturated carbocycles. The van der Waals surface area contributed by atoms with E-state index >= 15 is 0 Å². The number of anilines is 2. The fraction of sp³-hybridized carbons (Fsp3) is 0.222. The summed E-state index contributed by atoms with van der Waals surface area (Å²) in [5.74, 6) is 0. The van der Waals surface area contributed by atoms with E-state index in [-0.39, 0.29) is 5.50 Å². The van der Waals surface area contributed by atoms with E-state index in [0.29, 0.717) is 0 Å². The Morgan fingerprint density at radius 2 is 2.25 bits per heavy atom. The van der Waals surface area contributed by atoms with Crippen LogP contribution in [0.1, 0.15) is 0 Å². The number of hydrogen-bond donors (Lipinski definition) is 2. The molecule has 2 nitrogen and oxygen atoms in total. The molecule has 1 aliphatic rings. The quantitative estimate of drug-likeness (QED) is 0.641. The van der Waals surface area contributed by atoms with Gasteiger partial charge >= 0.3 is 0 Å². The van der Waals surface area contributed by atoms with Gasteiger partial charge in [-0.3, -0.25) is 0 Å². The minimum Gasteiger partial charge on any atom is -0.355 e. The lowest BCUT2D eigenvalue weighted by atomic mass is 10.3. The zero-order chi connectivity index (χ0) is 8.55. The van der Waals surface area contributed by atoms with Gasteiger partial charge in [-0.2, -0.15) is 0 Å². The molecule has 0 aromatic heterocycles. The average Bonchev–Trinajstić information content (AvgIpc) is 2.40. The molecule has 1 heterocycles. The van der Waals surface area contributed by atoms with Gasteiger partial charge in [-0.25, -0.2) is 0 Å². The highest BCUT2D eigenvalue weighted by molar-refractivity contribution is 7.81. The number of rotatable bonds is 1. The third kappa shape index (κ3) is 1.05. The van der Waals surface area contributed by atoms with Crippen molar-refractivity contribution in [3.8, 4) is 0 Å². The van der Waals surface area contributed by atoms with Gasteiger partial charge in [0.15, 0.2) is 0 Å². The van der Waals surface area contributed by atoms with E-state index in [2.05, 4.69) is 35.8 Å². The minimum absolute atomic E-state index is 0.0694. The Kier molecular flexibility index (Phi) is 1.89. The van der Waals surface area contributed by atoms with Crippen LogP contribution >= 0.6 is 12.6 Å². The van der Waals surface area contributed by atoms with Crippen LogP contribution in [0.3, 0.4) is 0 Å². The fourth-order valence-electron chi connectivity index (χ4n) is 1.44. The molecule has 1 N–H and O–H groups in total. The van der Waals surface area contributed by atoms with Crippen molar-refractivity contribution < 1.29 is 0 Å². The van der Waals surface area contributed by atoms with Gasteiger partial charge in [0.05, 0.1) is 11.4 Å². The maximum absolute atomic E-state index is 4.39. The number of fused-ring (bicyclic) bond motifs is 1. The number of nitrogens with one attached hydrogen (secondary N) is 1. The monoisotopic (exact) mass is 179 g/mol. The molecule has 1 aromatic carbocycles. The predicted molar refractivity (Wildman–Crippen MR) is 55.5 cm³/mol. The van der Waals surface area contributed by atoms with Crippen LogP contribution in [-0.2, 0) is 0 Å². The Morgan fingerprint density at radius 1 is 1.50 bits per heavy atom. The molecule has 12 heavy (non-hydrogen) atoms. The van der Waals surface area contributed by atoms with Crippen LogP contribution in [0.5, 0.6) is 0 Å². The van der Waals surface area contributed by atoms with Crippen LogP contribution in [0, 0.1) is 6.92 Å². The van der Waals surface area contributed by atoms with Crippen molar-refractivity contribution in [2.75, 3.05) is 16.8 Å². The molecule has 1 radical (unpaired) electrons. The molecule has 0 amide bonds. The second kappa shape index (κ2) is 2.90. The fourth-order valence-corrected chi connectivity index (χ4v) is 1.82. The maximum Gasteiger partial charge on any atom is 0.145 e. The molecular formula is C9H11N2S. The Morgan fingerprint density at radius 3 is 3.00 bits per heavy atom. The topological polar surface area (TPSA) is 15.3 Å². The largest absolute Gasteiger partial charge is 0.355 e. The molecule has 0 fully saturated rings. The summed E-state index contributed by atoms with van der Waals surface area (Å²) in [5, 5.41) is 3.25. The van der Waals surface area contributed by atoms with Crippen LogP contribution < -0.4 is 10.2 Å².